The summed E-state index contributed by atoms with van der Waals surface area (Å²) in [5, 5.41) is 7.95. The van der Waals surface area contributed by atoms with Gasteiger partial charge in [0.2, 0.25) is 0 Å². The number of rotatable bonds is 4. The van der Waals surface area contributed by atoms with Gasteiger partial charge in [-0.2, -0.15) is 0 Å². The van der Waals surface area contributed by atoms with Crippen LogP contribution < -0.4 is 10.6 Å². The van der Waals surface area contributed by atoms with Crippen LogP contribution >= 0.6 is 11.8 Å². The number of thioether (sulfide) groups is 1. The number of hydrogen-bond donors (Lipinski definition) is 2. The zero-order valence-corrected chi connectivity index (χ0v) is 13.3. The number of nitrogens with one attached hydrogen (secondary N) is 1. The number of nitrogen functional groups attached to an aromatic ring is 1. The lowest BCUT2D eigenvalue weighted by Crippen LogP contribution is -2.36. The molecule has 1 atom stereocenters. The van der Waals surface area contributed by atoms with E-state index in [0.29, 0.717) is 6.04 Å². The summed E-state index contributed by atoms with van der Waals surface area (Å²) in [6, 6.07) is 6.85. The van der Waals surface area contributed by atoms with E-state index in [9.17, 15) is 0 Å². The van der Waals surface area contributed by atoms with Crippen LogP contribution in [0, 0.1) is 5.41 Å². The SMILES string of the molecule is CCC1CCCCCN1c1cccc(SC)c1C(=N)N. The fourth-order valence-corrected chi connectivity index (χ4v) is 3.75. The molecule has 0 aromatic heterocycles. The summed E-state index contributed by atoms with van der Waals surface area (Å²) in [5.41, 5.74) is 7.93. The third-order valence-corrected chi connectivity index (χ3v) is 4.93. The summed E-state index contributed by atoms with van der Waals surface area (Å²) < 4.78 is 0. The highest BCUT2D eigenvalue weighted by atomic mass is 32.2. The van der Waals surface area contributed by atoms with Gasteiger partial charge in [0, 0.05) is 23.2 Å². The highest BCUT2D eigenvalue weighted by Gasteiger charge is 2.23. The third-order valence-electron chi connectivity index (χ3n) is 4.15. The number of nitrogens with two attached hydrogens (primary N) is 1. The van der Waals surface area contributed by atoms with E-state index in [2.05, 4.69) is 30.0 Å². The van der Waals surface area contributed by atoms with Crippen molar-refractivity contribution in [2.24, 2.45) is 5.73 Å². The summed E-state index contributed by atoms with van der Waals surface area (Å²) in [4.78, 5) is 3.60. The Hall–Kier alpha value is -1.16. The van der Waals surface area contributed by atoms with Crippen LogP contribution in [0.5, 0.6) is 0 Å². The van der Waals surface area contributed by atoms with Crippen LogP contribution in [0.15, 0.2) is 23.1 Å². The van der Waals surface area contributed by atoms with Gasteiger partial charge in [-0.05, 0) is 37.7 Å². The first kappa shape index (κ1) is 15.2. The van der Waals surface area contributed by atoms with E-state index < -0.39 is 0 Å². The molecule has 1 unspecified atom stereocenters. The minimum atomic E-state index is 0.184. The maximum Gasteiger partial charge on any atom is 0.126 e. The smallest absolute Gasteiger partial charge is 0.126 e. The average molecular weight is 291 g/mol. The van der Waals surface area contributed by atoms with Crippen LogP contribution in [0.1, 0.15) is 44.6 Å². The first-order valence-corrected chi connectivity index (χ1v) is 8.69. The highest BCUT2D eigenvalue weighted by molar-refractivity contribution is 7.98. The normalized spacial score (nSPS) is 19.7. The second kappa shape index (κ2) is 7.02. The van der Waals surface area contributed by atoms with Crippen molar-refractivity contribution in [2.45, 2.75) is 50.0 Å². The largest absolute Gasteiger partial charge is 0.384 e. The molecule has 2 rings (SSSR count). The second-order valence-electron chi connectivity index (χ2n) is 5.37. The van der Waals surface area contributed by atoms with Gasteiger partial charge in [0.15, 0.2) is 0 Å². The number of amidine groups is 1. The molecule has 1 saturated heterocycles. The molecule has 0 radical (unpaired) electrons. The summed E-state index contributed by atoms with van der Waals surface area (Å²) in [7, 11) is 0. The Balaban J connectivity index is 2.46. The van der Waals surface area contributed by atoms with Crippen LogP contribution in [0.4, 0.5) is 5.69 Å². The van der Waals surface area contributed by atoms with Crippen molar-refractivity contribution in [1.82, 2.24) is 0 Å². The summed E-state index contributed by atoms with van der Waals surface area (Å²) in [6.45, 7) is 3.34. The summed E-state index contributed by atoms with van der Waals surface area (Å²) in [6.07, 6.45) is 8.30. The van der Waals surface area contributed by atoms with E-state index in [1.807, 2.05) is 6.26 Å². The molecule has 0 amide bonds. The molecule has 1 heterocycles. The van der Waals surface area contributed by atoms with Crippen molar-refractivity contribution in [2.75, 3.05) is 17.7 Å². The molecule has 1 aliphatic heterocycles. The Labute approximate surface area is 126 Å². The second-order valence-corrected chi connectivity index (χ2v) is 6.22. The van der Waals surface area contributed by atoms with Crippen LogP contribution in [0.2, 0.25) is 0 Å². The Morgan fingerprint density at radius 2 is 2.20 bits per heavy atom. The Bertz CT molecular complexity index is 473. The van der Waals surface area contributed by atoms with Crippen molar-refractivity contribution < 1.29 is 0 Å². The van der Waals surface area contributed by atoms with E-state index in [1.165, 1.54) is 25.7 Å². The van der Waals surface area contributed by atoms with Gasteiger partial charge in [-0.1, -0.05) is 25.8 Å². The Morgan fingerprint density at radius 1 is 1.40 bits per heavy atom. The molecular formula is C16H25N3S. The van der Waals surface area contributed by atoms with Gasteiger partial charge in [0.1, 0.15) is 5.84 Å². The molecule has 1 fully saturated rings. The molecule has 0 spiro atoms. The lowest BCUT2D eigenvalue weighted by atomic mass is 10.0. The van der Waals surface area contributed by atoms with Gasteiger partial charge in [0.05, 0.1) is 5.56 Å². The lowest BCUT2D eigenvalue weighted by Gasteiger charge is -2.33. The molecule has 0 bridgehead atoms. The predicted molar refractivity (Wildman–Crippen MR) is 89.1 cm³/mol. The van der Waals surface area contributed by atoms with E-state index >= 15 is 0 Å². The molecule has 0 saturated carbocycles. The summed E-state index contributed by atoms with van der Waals surface area (Å²) >= 11 is 1.67. The van der Waals surface area contributed by atoms with Crippen molar-refractivity contribution in [3.8, 4) is 0 Å². The van der Waals surface area contributed by atoms with Crippen LogP contribution in [-0.2, 0) is 0 Å². The fourth-order valence-electron chi connectivity index (χ4n) is 3.12. The van der Waals surface area contributed by atoms with E-state index in [4.69, 9.17) is 11.1 Å². The molecule has 0 aliphatic carbocycles. The van der Waals surface area contributed by atoms with E-state index in [-0.39, 0.29) is 5.84 Å². The zero-order chi connectivity index (χ0) is 14.5. The average Bonchev–Trinajstić information content (AvgIpc) is 2.71. The monoisotopic (exact) mass is 291 g/mol. The molecule has 3 nitrogen and oxygen atoms in total. The maximum absolute atomic E-state index is 7.95. The van der Waals surface area contributed by atoms with Gasteiger partial charge in [-0.3, -0.25) is 5.41 Å². The number of hydrogen-bond acceptors (Lipinski definition) is 3. The highest BCUT2D eigenvalue weighted by Crippen LogP contribution is 2.33. The number of anilines is 1. The minimum absolute atomic E-state index is 0.184. The summed E-state index contributed by atoms with van der Waals surface area (Å²) in [5.74, 6) is 0.184. The fraction of sp³-hybridized carbons (Fsp3) is 0.562. The molecule has 1 aromatic rings. The van der Waals surface area contributed by atoms with Crippen molar-refractivity contribution in [3.05, 3.63) is 23.8 Å². The molecule has 1 aliphatic rings. The number of benzene rings is 1. The van der Waals surface area contributed by atoms with E-state index in [0.717, 1.165) is 29.1 Å². The predicted octanol–water partition coefficient (Wildman–Crippen LogP) is 3.85. The molecule has 1 aromatic carbocycles. The van der Waals surface area contributed by atoms with Crippen molar-refractivity contribution in [3.63, 3.8) is 0 Å². The molecular weight excluding hydrogens is 266 g/mol. The maximum atomic E-state index is 7.95. The van der Waals surface area contributed by atoms with Crippen LogP contribution in [-0.4, -0.2) is 24.7 Å². The van der Waals surface area contributed by atoms with Crippen LogP contribution in [0.25, 0.3) is 0 Å². The Kier molecular flexibility index (Phi) is 5.35. The topological polar surface area (TPSA) is 53.1 Å². The van der Waals surface area contributed by atoms with E-state index in [1.54, 1.807) is 11.8 Å². The standard InChI is InChI=1S/C16H25N3S/c1-3-12-8-5-4-6-11-19(12)13-9-7-10-14(20-2)15(13)16(17)18/h7,9-10,12H,3-6,8,11H2,1-2H3,(H3,17,18). The molecule has 4 heteroatoms. The van der Waals surface area contributed by atoms with Gasteiger partial charge in [-0.15, -0.1) is 11.8 Å². The van der Waals surface area contributed by atoms with Crippen molar-refractivity contribution >= 4 is 23.3 Å². The first-order chi connectivity index (χ1) is 9.69. The van der Waals surface area contributed by atoms with Gasteiger partial charge >= 0.3 is 0 Å². The molecule has 110 valence electrons. The first-order valence-electron chi connectivity index (χ1n) is 7.47. The van der Waals surface area contributed by atoms with Crippen LogP contribution in [0.3, 0.4) is 0 Å². The van der Waals surface area contributed by atoms with Gasteiger partial charge in [-0.25, -0.2) is 0 Å². The van der Waals surface area contributed by atoms with Gasteiger partial charge in [0.25, 0.3) is 0 Å². The van der Waals surface area contributed by atoms with Crippen molar-refractivity contribution in [1.29, 1.82) is 5.41 Å². The molecule has 20 heavy (non-hydrogen) atoms. The molecule has 3 N–H and O–H groups in total. The van der Waals surface area contributed by atoms with Gasteiger partial charge < -0.3 is 10.6 Å². The minimum Gasteiger partial charge on any atom is -0.384 e. The quantitative estimate of drug-likeness (QED) is 0.503. The number of nitrogens with zero attached hydrogens (tertiary/aromatic N) is 1. The lowest BCUT2D eigenvalue weighted by molar-refractivity contribution is 0.556. The third kappa shape index (κ3) is 3.11. The zero-order valence-electron chi connectivity index (χ0n) is 12.5. The Morgan fingerprint density at radius 3 is 2.85 bits per heavy atom.